The molecule has 2 aromatic heterocycles. The first kappa shape index (κ1) is 18.0. The summed E-state index contributed by atoms with van der Waals surface area (Å²) in [4.78, 5) is 5.37. The molecule has 0 N–H and O–H groups in total. The lowest BCUT2D eigenvalue weighted by atomic mass is 9.41. The fraction of sp³-hybridized carbons (Fsp3) is 0.647. The Balaban J connectivity index is 1.36. The molecule has 0 spiro atoms. The van der Waals surface area contributed by atoms with Crippen molar-refractivity contribution in [2.75, 3.05) is 13.1 Å². The minimum Gasteiger partial charge on any atom is -0.346 e. The van der Waals surface area contributed by atoms with Crippen LogP contribution in [-0.4, -0.2) is 43.4 Å². The molecule has 2 aliphatic rings. The molecule has 140 valence electrons. The standard InChI is InChI=1S/C17H24BF2N5S/c1-11-15(8-22-25(11)17(19)20)26-24-9-12-6-14(7-13(12)10-24)18(2)16-21-4-5-23(16)3/h4-5,8,12-14,17H,6-7,9-10H2,1-3H3/t12-,13?,14?/m1/s1. The minimum atomic E-state index is -2.57. The van der Waals surface area contributed by atoms with Crippen LogP contribution in [0.3, 0.4) is 0 Å². The summed E-state index contributed by atoms with van der Waals surface area (Å²) in [6.45, 7) is 3.96. The number of aromatic nitrogens is 4. The van der Waals surface area contributed by atoms with Crippen LogP contribution >= 0.6 is 11.9 Å². The third kappa shape index (κ3) is 3.20. The Morgan fingerprint density at radius 3 is 2.50 bits per heavy atom. The largest absolute Gasteiger partial charge is 0.346 e. The Labute approximate surface area is 157 Å². The van der Waals surface area contributed by atoms with Crippen molar-refractivity contribution in [2.45, 2.75) is 43.9 Å². The number of hydrogen-bond donors (Lipinski definition) is 0. The maximum Gasteiger partial charge on any atom is 0.333 e. The van der Waals surface area contributed by atoms with E-state index in [1.807, 2.05) is 12.4 Å². The van der Waals surface area contributed by atoms with Gasteiger partial charge in [-0.3, -0.25) is 4.98 Å². The molecular formula is C17H24BF2N5S. The van der Waals surface area contributed by atoms with Gasteiger partial charge in [0.25, 0.3) is 0 Å². The van der Waals surface area contributed by atoms with Crippen LogP contribution in [0.1, 0.15) is 25.1 Å². The summed E-state index contributed by atoms with van der Waals surface area (Å²) in [5.41, 5.74) is 1.72. The number of rotatable bonds is 5. The molecule has 5 nitrogen and oxygen atoms in total. The molecule has 1 saturated carbocycles. The smallest absolute Gasteiger partial charge is 0.333 e. The van der Waals surface area contributed by atoms with Crippen molar-refractivity contribution in [3.8, 4) is 0 Å². The topological polar surface area (TPSA) is 38.9 Å². The molecule has 3 heterocycles. The van der Waals surface area contributed by atoms with Gasteiger partial charge in [-0.1, -0.05) is 25.5 Å². The Morgan fingerprint density at radius 2 is 1.96 bits per heavy atom. The molecule has 2 fully saturated rings. The van der Waals surface area contributed by atoms with E-state index in [0.717, 1.165) is 22.7 Å². The Morgan fingerprint density at radius 1 is 1.27 bits per heavy atom. The van der Waals surface area contributed by atoms with E-state index >= 15 is 0 Å². The molecule has 2 aromatic rings. The molecule has 4 rings (SSSR count). The summed E-state index contributed by atoms with van der Waals surface area (Å²) in [7, 11) is 2.06. The van der Waals surface area contributed by atoms with Gasteiger partial charge in [0, 0.05) is 32.5 Å². The maximum atomic E-state index is 12.9. The van der Waals surface area contributed by atoms with Crippen LogP contribution < -0.4 is 5.72 Å². The zero-order valence-electron chi connectivity index (χ0n) is 15.3. The third-order valence-electron chi connectivity index (χ3n) is 6.14. The van der Waals surface area contributed by atoms with E-state index in [2.05, 4.69) is 32.8 Å². The lowest BCUT2D eigenvalue weighted by molar-refractivity contribution is 0.0541. The van der Waals surface area contributed by atoms with E-state index in [9.17, 15) is 8.78 Å². The number of imidazole rings is 1. The quantitative estimate of drug-likeness (QED) is 0.591. The molecule has 2 unspecified atom stereocenters. The summed E-state index contributed by atoms with van der Waals surface area (Å²) in [6, 6.07) is 0. The number of hydrogen-bond acceptors (Lipinski definition) is 4. The van der Waals surface area contributed by atoms with Crippen molar-refractivity contribution in [3.05, 3.63) is 24.3 Å². The van der Waals surface area contributed by atoms with Crippen LogP contribution in [0.25, 0.3) is 0 Å². The van der Waals surface area contributed by atoms with E-state index in [1.165, 1.54) is 18.6 Å². The van der Waals surface area contributed by atoms with Crippen molar-refractivity contribution < 1.29 is 8.78 Å². The van der Waals surface area contributed by atoms with Crippen LogP contribution in [0.4, 0.5) is 8.78 Å². The lowest BCUT2D eigenvalue weighted by Crippen LogP contribution is -2.38. The predicted octanol–water partition coefficient (Wildman–Crippen LogP) is 3.07. The highest BCUT2D eigenvalue weighted by atomic mass is 32.2. The second-order valence-electron chi connectivity index (χ2n) is 7.69. The van der Waals surface area contributed by atoms with Crippen LogP contribution in [0, 0.1) is 18.8 Å². The number of nitrogens with zero attached hydrogens (tertiary/aromatic N) is 5. The van der Waals surface area contributed by atoms with E-state index in [4.69, 9.17) is 0 Å². The molecule has 1 aliphatic carbocycles. The summed E-state index contributed by atoms with van der Waals surface area (Å²) in [5, 5.41) is 3.81. The predicted molar refractivity (Wildman–Crippen MR) is 100 cm³/mol. The monoisotopic (exact) mass is 379 g/mol. The van der Waals surface area contributed by atoms with E-state index < -0.39 is 6.55 Å². The molecule has 9 heteroatoms. The zero-order valence-corrected chi connectivity index (χ0v) is 16.2. The molecule has 0 radical (unpaired) electrons. The Hall–Kier alpha value is -1.35. The Kier molecular flexibility index (Phi) is 4.85. The molecule has 1 aliphatic heterocycles. The SMILES string of the molecule is CB(c1nccn1C)C1CC2CN(Sc3cnn(C(F)F)c3C)C[C@H]2C1. The number of aryl methyl sites for hydroxylation is 1. The highest BCUT2D eigenvalue weighted by Gasteiger charge is 2.44. The van der Waals surface area contributed by atoms with E-state index in [-0.39, 0.29) is 0 Å². The Bertz CT molecular complexity index is 765. The lowest BCUT2D eigenvalue weighted by Gasteiger charge is -2.20. The normalized spacial score (nSPS) is 26.0. The van der Waals surface area contributed by atoms with Gasteiger partial charge >= 0.3 is 6.55 Å². The van der Waals surface area contributed by atoms with Crippen molar-refractivity contribution in [3.63, 3.8) is 0 Å². The van der Waals surface area contributed by atoms with Gasteiger partial charge in [-0.2, -0.15) is 13.9 Å². The molecule has 0 aromatic carbocycles. The molecule has 26 heavy (non-hydrogen) atoms. The number of fused-ring (bicyclic) bond motifs is 1. The second kappa shape index (κ2) is 7.00. The number of halogens is 2. The zero-order chi connectivity index (χ0) is 18.4. The molecule has 3 atom stereocenters. The van der Waals surface area contributed by atoms with Gasteiger partial charge in [-0.25, -0.2) is 8.99 Å². The first-order chi connectivity index (χ1) is 12.4. The van der Waals surface area contributed by atoms with Crippen LogP contribution in [-0.2, 0) is 7.05 Å². The van der Waals surface area contributed by atoms with Crippen LogP contribution in [0.15, 0.2) is 23.5 Å². The van der Waals surface area contributed by atoms with Gasteiger partial charge in [-0.15, -0.1) is 0 Å². The van der Waals surface area contributed by atoms with Gasteiger partial charge in [0.15, 0.2) is 0 Å². The minimum absolute atomic E-state index is 0.480. The van der Waals surface area contributed by atoms with Crippen molar-refractivity contribution in [1.82, 2.24) is 23.6 Å². The van der Waals surface area contributed by atoms with Crippen LogP contribution in [0.2, 0.25) is 12.6 Å². The van der Waals surface area contributed by atoms with Gasteiger partial charge in [0.05, 0.1) is 22.5 Å². The van der Waals surface area contributed by atoms with Crippen molar-refractivity contribution >= 4 is 24.4 Å². The van der Waals surface area contributed by atoms with E-state index in [1.54, 1.807) is 25.1 Å². The van der Waals surface area contributed by atoms with Gasteiger partial charge in [-0.05, 0) is 30.7 Å². The highest BCUT2D eigenvalue weighted by Crippen LogP contribution is 2.48. The molecular weight excluding hydrogens is 355 g/mol. The maximum absolute atomic E-state index is 12.9. The molecule has 0 bridgehead atoms. The van der Waals surface area contributed by atoms with Crippen LogP contribution in [0.5, 0.6) is 0 Å². The van der Waals surface area contributed by atoms with Crippen molar-refractivity contribution in [1.29, 1.82) is 0 Å². The summed E-state index contributed by atoms with van der Waals surface area (Å²) < 4.78 is 31.0. The highest BCUT2D eigenvalue weighted by molar-refractivity contribution is 7.97. The summed E-state index contributed by atoms with van der Waals surface area (Å²) in [6.07, 6.45) is 7.91. The fourth-order valence-electron chi connectivity index (χ4n) is 4.65. The average molecular weight is 379 g/mol. The molecule has 0 amide bonds. The average Bonchev–Trinajstić information content (AvgIpc) is 3.32. The summed E-state index contributed by atoms with van der Waals surface area (Å²) in [5.74, 6) is 2.07. The van der Waals surface area contributed by atoms with E-state index in [0.29, 0.717) is 30.1 Å². The second-order valence-corrected chi connectivity index (χ2v) is 8.83. The fourth-order valence-corrected chi connectivity index (χ4v) is 5.78. The summed E-state index contributed by atoms with van der Waals surface area (Å²) >= 11 is 1.58. The number of alkyl halides is 2. The first-order valence-electron chi connectivity index (χ1n) is 9.16. The van der Waals surface area contributed by atoms with Crippen molar-refractivity contribution in [2.24, 2.45) is 18.9 Å². The van der Waals surface area contributed by atoms with Gasteiger partial charge in [0.1, 0.15) is 0 Å². The first-order valence-corrected chi connectivity index (χ1v) is 9.93. The third-order valence-corrected chi connectivity index (χ3v) is 7.29. The van der Waals surface area contributed by atoms with Gasteiger partial charge in [0.2, 0.25) is 6.71 Å². The van der Waals surface area contributed by atoms with Gasteiger partial charge < -0.3 is 4.57 Å². The molecule has 1 saturated heterocycles.